The van der Waals surface area contributed by atoms with Gasteiger partial charge in [0.1, 0.15) is 22.3 Å². The average molecular weight is 618 g/mol. The number of halogens is 2. The Hall–Kier alpha value is -2.49. The molecular weight excluding hydrogens is 587 g/mol. The van der Waals surface area contributed by atoms with Gasteiger partial charge in [-0.3, -0.25) is 4.90 Å². The van der Waals surface area contributed by atoms with Crippen LogP contribution in [0.5, 0.6) is 17.2 Å². The first-order valence-electron chi connectivity index (χ1n) is 11.5. The highest BCUT2D eigenvalue weighted by atomic mass is 35.5. The predicted molar refractivity (Wildman–Crippen MR) is 159 cm³/mol. The smallest absolute Gasteiger partial charge is 0.488 e. The molecule has 2 aromatic carbocycles. The van der Waals surface area contributed by atoms with Crippen LogP contribution in [0.15, 0.2) is 36.5 Å². The predicted octanol–water partition coefficient (Wildman–Crippen LogP) is 5.69. The van der Waals surface area contributed by atoms with E-state index in [0.29, 0.717) is 23.2 Å². The van der Waals surface area contributed by atoms with Crippen LogP contribution in [0.1, 0.15) is 18.1 Å². The number of nitrogens with zero attached hydrogens (tertiary/aromatic N) is 3. The molecule has 2 N–H and O–H groups in total. The Morgan fingerprint density at radius 2 is 1.87 bits per heavy atom. The van der Waals surface area contributed by atoms with Gasteiger partial charge in [-0.05, 0) is 69.1 Å². The number of hydrogen-bond donors (Lipinski definition) is 2. The third-order valence-corrected chi connectivity index (χ3v) is 7.11. The van der Waals surface area contributed by atoms with E-state index in [9.17, 15) is 12.3 Å². The normalized spacial score (nSPS) is 15.2. The second kappa shape index (κ2) is 12.8. The van der Waals surface area contributed by atoms with E-state index in [-0.39, 0.29) is 38.2 Å². The molecule has 15 heteroatoms. The molecule has 2 unspecified atom stereocenters. The summed E-state index contributed by atoms with van der Waals surface area (Å²) in [6, 6.07) is 8.54. The lowest BCUT2D eigenvalue weighted by molar-refractivity contribution is 0.231. The third kappa shape index (κ3) is 8.02. The standard InChI is InChI=1S/C24H28ClFN5O5PS.H3P/c1-14-8-15-10-21(34-3)20(9-16(15)13-31(14)2)29-24-27-12-18(25)23(30-24)28-19-7-6-17(36-38(26,32)33)11-22(19)35-37(4)5;/h6-7,9-12,14H,8,13H2,1-5H3,(H2,27,28,29,30);1H3. The van der Waals surface area contributed by atoms with Gasteiger partial charge < -0.3 is 24.1 Å². The van der Waals surface area contributed by atoms with Gasteiger partial charge in [0.05, 0.1) is 32.8 Å². The lowest BCUT2D eigenvalue weighted by Gasteiger charge is -2.32. The van der Waals surface area contributed by atoms with Crippen molar-refractivity contribution in [1.82, 2.24) is 14.9 Å². The summed E-state index contributed by atoms with van der Waals surface area (Å²) < 4.78 is 50.6. The topological polar surface area (TPSA) is 115 Å². The van der Waals surface area contributed by atoms with Crippen molar-refractivity contribution in [3.05, 3.63) is 52.7 Å². The number of rotatable bonds is 9. The van der Waals surface area contributed by atoms with E-state index in [1.165, 1.54) is 35.5 Å². The number of hydrogen-bond acceptors (Lipinski definition) is 10. The molecule has 0 radical (unpaired) electrons. The summed E-state index contributed by atoms with van der Waals surface area (Å²) in [5, 5.41) is 6.52. The first kappa shape index (κ1) is 31.0. The van der Waals surface area contributed by atoms with E-state index >= 15 is 0 Å². The number of ether oxygens (including phenoxy) is 1. The van der Waals surface area contributed by atoms with Crippen LogP contribution in [0, 0.1) is 0 Å². The summed E-state index contributed by atoms with van der Waals surface area (Å²) in [5.41, 5.74) is 3.56. The zero-order valence-corrected chi connectivity index (χ0v) is 26.0. The molecule has 4 rings (SSSR count). The molecule has 0 amide bonds. The quantitative estimate of drug-likeness (QED) is 0.229. The summed E-state index contributed by atoms with van der Waals surface area (Å²) in [4.78, 5) is 11.1. The van der Waals surface area contributed by atoms with Gasteiger partial charge in [0.25, 0.3) is 0 Å². The second-order valence-corrected chi connectivity index (χ2v) is 12.1. The van der Waals surface area contributed by atoms with Gasteiger partial charge in [-0.1, -0.05) is 15.5 Å². The number of benzene rings is 2. The van der Waals surface area contributed by atoms with E-state index in [1.807, 2.05) is 25.5 Å². The number of aromatic nitrogens is 2. The van der Waals surface area contributed by atoms with Crippen molar-refractivity contribution in [3.63, 3.8) is 0 Å². The van der Waals surface area contributed by atoms with Gasteiger partial charge >= 0.3 is 10.5 Å². The fraction of sp³-hybridized carbons (Fsp3) is 0.333. The molecule has 0 saturated carbocycles. The molecule has 1 aromatic heterocycles. The molecule has 0 bridgehead atoms. The molecular formula is C24H31ClFN5O5P2S. The number of fused-ring (bicyclic) bond motifs is 1. The summed E-state index contributed by atoms with van der Waals surface area (Å²) >= 11 is 6.37. The Labute approximate surface area is 237 Å². The zero-order chi connectivity index (χ0) is 27.6. The van der Waals surface area contributed by atoms with Gasteiger partial charge in [0, 0.05) is 18.7 Å². The number of nitrogens with one attached hydrogen (secondary N) is 2. The molecule has 0 saturated heterocycles. The molecule has 0 spiro atoms. The first-order valence-corrected chi connectivity index (χ1v) is 15.4. The van der Waals surface area contributed by atoms with Crippen LogP contribution in [-0.2, 0) is 23.5 Å². The van der Waals surface area contributed by atoms with E-state index in [1.54, 1.807) is 7.11 Å². The molecule has 2 atom stereocenters. The molecule has 0 fully saturated rings. The highest BCUT2D eigenvalue weighted by Crippen LogP contribution is 2.40. The maximum atomic E-state index is 13.0. The van der Waals surface area contributed by atoms with Crippen LogP contribution in [0.3, 0.4) is 0 Å². The van der Waals surface area contributed by atoms with Crippen molar-refractivity contribution < 1.29 is 25.7 Å². The average Bonchev–Trinajstić information content (AvgIpc) is 2.82. The van der Waals surface area contributed by atoms with Crippen molar-refractivity contribution >= 4 is 63.3 Å². The Bertz CT molecular complexity index is 1450. The molecule has 3 aromatic rings. The summed E-state index contributed by atoms with van der Waals surface area (Å²) in [6.07, 6.45) is 2.37. The van der Waals surface area contributed by atoms with Crippen LogP contribution < -0.4 is 24.1 Å². The summed E-state index contributed by atoms with van der Waals surface area (Å²) in [7, 11) is -2.39. The fourth-order valence-corrected chi connectivity index (χ4v) is 4.99. The minimum Gasteiger partial charge on any atom is -0.495 e. The first-order chi connectivity index (χ1) is 17.9. The Morgan fingerprint density at radius 3 is 2.54 bits per heavy atom. The Balaban J connectivity index is 0.00000420. The Kier molecular flexibility index (Phi) is 10.2. The van der Waals surface area contributed by atoms with Crippen LogP contribution >= 0.6 is 29.6 Å². The number of likely N-dealkylation sites (N-methyl/N-ethyl adjacent to an activating group) is 1. The van der Waals surface area contributed by atoms with Gasteiger partial charge in [-0.25, -0.2) is 4.98 Å². The van der Waals surface area contributed by atoms with Gasteiger partial charge in [-0.2, -0.15) is 23.3 Å². The molecule has 2 heterocycles. The largest absolute Gasteiger partial charge is 0.495 e. The minimum absolute atomic E-state index is 0. The summed E-state index contributed by atoms with van der Waals surface area (Å²) in [6.45, 7) is 6.71. The van der Waals surface area contributed by atoms with Crippen LogP contribution in [-0.4, -0.2) is 56.8 Å². The van der Waals surface area contributed by atoms with Gasteiger partial charge in [-0.15, -0.1) is 0 Å². The molecule has 212 valence electrons. The van der Waals surface area contributed by atoms with E-state index in [2.05, 4.69) is 43.7 Å². The van der Waals surface area contributed by atoms with E-state index in [4.69, 9.17) is 20.9 Å². The van der Waals surface area contributed by atoms with Crippen molar-refractivity contribution in [2.75, 3.05) is 38.1 Å². The molecule has 39 heavy (non-hydrogen) atoms. The van der Waals surface area contributed by atoms with Crippen LogP contribution in [0.2, 0.25) is 5.02 Å². The molecule has 0 aliphatic carbocycles. The molecule has 10 nitrogen and oxygen atoms in total. The molecule has 1 aliphatic rings. The van der Waals surface area contributed by atoms with Crippen molar-refractivity contribution in [2.24, 2.45) is 0 Å². The maximum absolute atomic E-state index is 13.0. The van der Waals surface area contributed by atoms with Gasteiger partial charge in [0.15, 0.2) is 5.82 Å². The highest BCUT2D eigenvalue weighted by molar-refractivity contribution is 7.81. The third-order valence-electron chi connectivity index (χ3n) is 5.88. The molecule has 1 aliphatic heterocycles. The van der Waals surface area contributed by atoms with Crippen molar-refractivity contribution in [1.29, 1.82) is 0 Å². The number of methoxy groups -OCH3 is 1. The maximum Gasteiger partial charge on any atom is 0.488 e. The van der Waals surface area contributed by atoms with Gasteiger partial charge in [0.2, 0.25) is 5.95 Å². The highest BCUT2D eigenvalue weighted by Gasteiger charge is 2.22. The second-order valence-electron chi connectivity index (χ2n) is 8.97. The lowest BCUT2D eigenvalue weighted by Crippen LogP contribution is -2.35. The minimum atomic E-state index is -5.19. The fourth-order valence-electron chi connectivity index (χ4n) is 3.98. The van der Waals surface area contributed by atoms with Crippen LogP contribution in [0.25, 0.3) is 0 Å². The number of anilines is 4. The van der Waals surface area contributed by atoms with Crippen molar-refractivity contribution in [2.45, 2.75) is 25.9 Å². The Morgan fingerprint density at radius 1 is 1.13 bits per heavy atom. The lowest BCUT2D eigenvalue weighted by atomic mass is 9.94. The zero-order valence-electron chi connectivity index (χ0n) is 22.2. The summed E-state index contributed by atoms with van der Waals surface area (Å²) in [5.74, 6) is 1.21. The van der Waals surface area contributed by atoms with Crippen LogP contribution in [0.4, 0.5) is 27.0 Å². The van der Waals surface area contributed by atoms with Crippen molar-refractivity contribution in [3.8, 4) is 17.2 Å². The van der Waals surface area contributed by atoms with E-state index in [0.717, 1.165) is 13.0 Å². The monoisotopic (exact) mass is 617 g/mol. The SMILES string of the molecule is COc1cc2c(cc1Nc1ncc(Cl)c(Nc3ccc(OS(=O)(=O)F)cc3OP(C)C)n1)CN(C)C(C)C2.P. The van der Waals surface area contributed by atoms with E-state index < -0.39 is 18.7 Å².